The van der Waals surface area contributed by atoms with E-state index in [1.165, 1.54) is 0 Å². The first-order chi connectivity index (χ1) is 9.43. The van der Waals surface area contributed by atoms with Gasteiger partial charge in [-0.2, -0.15) is 8.42 Å². The van der Waals surface area contributed by atoms with Gasteiger partial charge >= 0.3 is 11.9 Å². The number of carbonyl (C=O) groups is 2. The van der Waals surface area contributed by atoms with Crippen LogP contribution in [0.1, 0.15) is 47.0 Å². The predicted octanol–water partition coefficient (Wildman–Crippen LogP) is 1.57. The maximum atomic E-state index is 11.7. The van der Waals surface area contributed by atoms with Gasteiger partial charge in [-0.15, -0.1) is 0 Å². The smallest absolute Gasteiger partial charge is 0.309 e. The average molecular weight is 324 g/mol. The Bertz CT molecular complexity index is 448. The first kappa shape index (κ1) is 19.9. The lowest BCUT2D eigenvalue weighted by Crippen LogP contribution is -2.25. The highest BCUT2D eigenvalue weighted by molar-refractivity contribution is 7.85. The lowest BCUT2D eigenvalue weighted by atomic mass is 9.92. The molecular formula is C13H24O7S. The standard InChI is InChI=1S/C13H24O7S/c1-5-10(20-12(15)9-13(2,3)4)8-11(14)19-6-7-21(16,17)18/h10H,5-9H2,1-4H3,(H,16,17,18). The molecule has 0 aromatic heterocycles. The molecule has 0 aromatic rings. The van der Waals surface area contributed by atoms with Gasteiger partial charge in [-0.05, 0) is 11.8 Å². The number of ether oxygens (including phenoxy) is 2. The molecule has 0 aliphatic rings. The van der Waals surface area contributed by atoms with E-state index in [0.29, 0.717) is 6.42 Å². The monoisotopic (exact) mass is 324 g/mol. The minimum absolute atomic E-state index is 0.141. The Labute approximate surface area is 125 Å². The zero-order valence-corrected chi connectivity index (χ0v) is 13.7. The average Bonchev–Trinajstić information content (AvgIpc) is 2.23. The van der Waals surface area contributed by atoms with Gasteiger partial charge in [0.25, 0.3) is 10.1 Å². The summed E-state index contributed by atoms with van der Waals surface area (Å²) in [7, 11) is -4.16. The largest absolute Gasteiger partial charge is 0.464 e. The van der Waals surface area contributed by atoms with Gasteiger partial charge in [0.15, 0.2) is 0 Å². The molecule has 0 fully saturated rings. The zero-order valence-electron chi connectivity index (χ0n) is 12.9. The second-order valence-electron chi connectivity index (χ2n) is 5.97. The third kappa shape index (κ3) is 12.3. The number of hydrogen-bond acceptors (Lipinski definition) is 6. The summed E-state index contributed by atoms with van der Waals surface area (Å²) >= 11 is 0. The van der Waals surface area contributed by atoms with E-state index in [4.69, 9.17) is 9.29 Å². The van der Waals surface area contributed by atoms with Crippen LogP contribution in [0.25, 0.3) is 0 Å². The lowest BCUT2D eigenvalue weighted by molar-refractivity contribution is -0.156. The molecule has 0 radical (unpaired) electrons. The number of rotatable bonds is 8. The van der Waals surface area contributed by atoms with E-state index < -0.39 is 34.6 Å². The van der Waals surface area contributed by atoms with Crippen LogP contribution < -0.4 is 0 Å². The van der Waals surface area contributed by atoms with Crippen LogP contribution in [0, 0.1) is 5.41 Å². The molecule has 0 saturated carbocycles. The van der Waals surface area contributed by atoms with Crippen molar-refractivity contribution in [1.29, 1.82) is 0 Å². The third-order valence-electron chi connectivity index (χ3n) is 2.43. The summed E-state index contributed by atoms with van der Waals surface area (Å²) in [5.74, 6) is -1.71. The topological polar surface area (TPSA) is 107 Å². The quantitative estimate of drug-likeness (QED) is 0.533. The molecule has 0 aromatic carbocycles. The molecule has 0 rings (SSSR count). The van der Waals surface area contributed by atoms with Gasteiger partial charge in [-0.25, -0.2) is 0 Å². The highest BCUT2D eigenvalue weighted by Gasteiger charge is 2.22. The Morgan fingerprint density at radius 2 is 1.76 bits per heavy atom. The Hall–Kier alpha value is -1.15. The van der Waals surface area contributed by atoms with E-state index in [0.717, 1.165) is 0 Å². The van der Waals surface area contributed by atoms with Crippen molar-refractivity contribution in [2.45, 2.75) is 53.1 Å². The second kappa shape index (κ2) is 8.33. The fourth-order valence-electron chi connectivity index (χ4n) is 1.44. The lowest BCUT2D eigenvalue weighted by Gasteiger charge is -2.20. The van der Waals surface area contributed by atoms with Gasteiger partial charge in [0.2, 0.25) is 0 Å². The second-order valence-corrected chi connectivity index (χ2v) is 7.54. The fourth-order valence-corrected chi connectivity index (χ4v) is 1.73. The molecule has 124 valence electrons. The molecule has 1 atom stereocenters. The van der Waals surface area contributed by atoms with E-state index in [2.05, 4.69) is 4.74 Å². The maximum Gasteiger partial charge on any atom is 0.309 e. The molecule has 8 heteroatoms. The Morgan fingerprint density at radius 3 is 2.19 bits per heavy atom. The maximum absolute atomic E-state index is 11.7. The molecule has 0 aliphatic heterocycles. The van der Waals surface area contributed by atoms with Crippen LogP contribution in [-0.2, 0) is 29.2 Å². The summed E-state index contributed by atoms with van der Waals surface area (Å²) in [6, 6.07) is 0. The first-order valence-corrected chi connectivity index (χ1v) is 8.34. The van der Waals surface area contributed by atoms with Gasteiger partial charge < -0.3 is 9.47 Å². The van der Waals surface area contributed by atoms with Gasteiger partial charge in [0.05, 0.1) is 12.8 Å². The normalized spacial score (nSPS) is 13.6. The van der Waals surface area contributed by atoms with E-state index in [1.54, 1.807) is 6.92 Å². The minimum atomic E-state index is -4.16. The van der Waals surface area contributed by atoms with Crippen molar-refractivity contribution in [2.24, 2.45) is 5.41 Å². The Balaban J connectivity index is 4.19. The van der Waals surface area contributed by atoms with Crippen LogP contribution in [-0.4, -0.2) is 43.4 Å². The van der Waals surface area contributed by atoms with Gasteiger partial charge in [-0.1, -0.05) is 27.7 Å². The van der Waals surface area contributed by atoms with Crippen LogP contribution in [0.4, 0.5) is 0 Å². The molecule has 1 N–H and O–H groups in total. The summed E-state index contributed by atoms with van der Waals surface area (Å²) in [6.07, 6.45) is -0.0549. The van der Waals surface area contributed by atoms with Crippen LogP contribution in [0.5, 0.6) is 0 Å². The van der Waals surface area contributed by atoms with Crippen LogP contribution in [0.3, 0.4) is 0 Å². The van der Waals surface area contributed by atoms with E-state index in [1.807, 2.05) is 20.8 Å². The number of hydrogen-bond donors (Lipinski definition) is 1. The molecule has 21 heavy (non-hydrogen) atoms. The summed E-state index contributed by atoms with van der Waals surface area (Å²) in [6.45, 7) is 7.04. The zero-order chi connectivity index (χ0) is 16.7. The van der Waals surface area contributed by atoms with E-state index in [9.17, 15) is 18.0 Å². The SMILES string of the molecule is CCC(CC(=O)OCCS(=O)(=O)O)OC(=O)CC(C)(C)C. The highest BCUT2D eigenvalue weighted by atomic mass is 32.2. The van der Waals surface area contributed by atoms with Crippen molar-refractivity contribution in [1.82, 2.24) is 0 Å². The Kier molecular flexibility index (Phi) is 7.87. The summed E-state index contributed by atoms with van der Waals surface area (Å²) in [5.41, 5.74) is -0.203. The third-order valence-corrected chi connectivity index (χ3v) is 3.11. The molecular weight excluding hydrogens is 300 g/mol. The van der Waals surface area contributed by atoms with Gasteiger partial charge in [-0.3, -0.25) is 14.1 Å². The van der Waals surface area contributed by atoms with Crippen molar-refractivity contribution in [3.8, 4) is 0 Å². The summed E-state index contributed by atoms with van der Waals surface area (Å²) < 4.78 is 39.3. The highest BCUT2D eigenvalue weighted by Crippen LogP contribution is 2.20. The fraction of sp³-hybridized carbons (Fsp3) is 0.846. The van der Waals surface area contributed by atoms with Crippen LogP contribution >= 0.6 is 0 Å². The Morgan fingerprint density at radius 1 is 1.19 bits per heavy atom. The van der Waals surface area contributed by atoms with Crippen molar-refractivity contribution in [3.63, 3.8) is 0 Å². The number of carbonyl (C=O) groups excluding carboxylic acids is 2. The van der Waals surface area contributed by atoms with Crippen LogP contribution in [0.2, 0.25) is 0 Å². The summed E-state index contributed by atoms with van der Waals surface area (Å²) in [5, 5.41) is 0. The van der Waals surface area contributed by atoms with Crippen molar-refractivity contribution in [2.75, 3.05) is 12.4 Å². The molecule has 0 amide bonds. The van der Waals surface area contributed by atoms with Crippen molar-refractivity contribution in [3.05, 3.63) is 0 Å². The minimum Gasteiger partial charge on any atom is -0.464 e. The molecule has 0 saturated heterocycles. The molecule has 0 heterocycles. The van der Waals surface area contributed by atoms with E-state index in [-0.39, 0.29) is 24.2 Å². The summed E-state index contributed by atoms with van der Waals surface area (Å²) in [4.78, 5) is 23.1. The molecule has 7 nitrogen and oxygen atoms in total. The van der Waals surface area contributed by atoms with Crippen LogP contribution in [0.15, 0.2) is 0 Å². The molecule has 0 bridgehead atoms. The molecule has 0 aliphatic carbocycles. The predicted molar refractivity (Wildman–Crippen MR) is 76.2 cm³/mol. The molecule has 0 spiro atoms. The molecule has 1 unspecified atom stereocenters. The van der Waals surface area contributed by atoms with Gasteiger partial charge in [0.1, 0.15) is 18.5 Å². The first-order valence-electron chi connectivity index (χ1n) is 6.73. The van der Waals surface area contributed by atoms with Crippen molar-refractivity contribution < 1.29 is 32.0 Å². The van der Waals surface area contributed by atoms with E-state index >= 15 is 0 Å². The number of esters is 2. The van der Waals surface area contributed by atoms with Gasteiger partial charge in [0, 0.05) is 0 Å². The van der Waals surface area contributed by atoms with Crippen molar-refractivity contribution >= 4 is 22.1 Å².